The second-order valence-electron chi connectivity index (χ2n) is 4.13. The second-order valence-corrected chi connectivity index (χ2v) is 4.13. The standard InChI is InChI=1S/C14H18N2O2/c1-4-6-10(5-2)12-8-7-11(9-15)16-13(12)14(17)18-3/h7-8,10H,4-6H2,1-3H3. The van der Waals surface area contributed by atoms with Crippen molar-refractivity contribution in [2.75, 3.05) is 7.11 Å². The molecule has 0 saturated heterocycles. The first kappa shape index (κ1) is 14.2. The zero-order chi connectivity index (χ0) is 13.5. The third kappa shape index (κ3) is 3.07. The Balaban J connectivity index is 3.25. The highest BCUT2D eigenvalue weighted by atomic mass is 16.5. The summed E-state index contributed by atoms with van der Waals surface area (Å²) in [6.45, 7) is 4.19. The van der Waals surface area contributed by atoms with E-state index >= 15 is 0 Å². The smallest absolute Gasteiger partial charge is 0.356 e. The van der Waals surface area contributed by atoms with Crippen LogP contribution in [0.2, 0.25) is 0 Å². The minimum absolute atomic E-state index is 0.241. The number of ether oxygens (including phenoxy) is 1. The van der Waals surface area contributed by atoms with E-state index in [1.807, 2.05) is 12.1 Å². The van der Waals surface area contributed by atoms with E-state index in [1.54, 1.807) is 6.07 Å². The van der Waals surface area contributed by atoms with Crippen molar-refractivity contribution < 1.29 is 9.53 Å². The highest BCUT2D eigenvalue weighted by molar-refractivity contribution is 5.89. The van der Waals surface area contributed by atoms with Gasteiger partial charge in [-0.05, 0) is 30.4 Å². The molecule has 0 saturated carbocycles. The van der Waals surface area contributed by atoms with E-state index in [9.17, 15) is 4.79 Å². The van der Waals surface area contributed by atoms with Crippen LogP contribution in [0.1, 0.15) is 60.8 Å². The quantitative estimate of drug-likeness (QED) is 0.749. The Hall–Kier alpha value is -1.89. The van der Waals surface area contributed by atoms with E-state index in [0.29, 0.717) is 0 Å². The van der Waals surface area contributed by atoms with Crippen molar-refractivity contribution in [2.45, 2.75) is 39.0 Å². The van der Waals surface area contributed by atoms with Gasteiger partial charge in [0.1, 0.15) is 11.8 Å². The molecule has 4 heteroatoms. The Labute approximate surface area is 108 Å². The Kier molecular flexibility index (Phi) is 5.31. The van der Waals surface area contributed by atoms with Crippen LogP contribution >= 0.6 is 0 Å². The fraction of sp³-hybridized carbons (Fsp3) is 0.500. The molecule has 1 atom stereocenters. The lowest BCUT2D eigenvalue weighted by molar-refractivity contribution is 0.0591. The third-order valence-electron chi connectivity index (χ3n) is 2.99. The van der Waals surface area contributed by atoms with Gasteiger partial charge in [0.05, 0.1) is 7.11 Å². The van der Waals surface area contributed by atoms with E-state index in [4.69, 9.17) is 10.00 Å². The van der Waals surface area contributed by atoms with Gasteiger partial charge in [-0.3, -0.25) is 0 Å². The number of carbonyl (C=O) groups is 1. The number of methoxy groups -OCH3 is 1. The second kappa shape index (κ2) is 6.75. The Morgan fingerprint density at radius 2 is 2.22 bits per heavy atom. The van der Waals surface area contributed by atoms with Crippen molar-refractivity contribution in [1.82, 2.24) is 4.98 Å². The summed E-state index contributed by atoms with van der Waals surface area (Å²) in [6, 6.07) is 5.42. The Morgan fingerprint density at radius 3 is 2.72 bits per heavy atom. The summed E-state index contributed by atoms with van der Waals surface area (Å²) in [4.78, 5) is 15.8. The zero-order valence-electron chi connectivity index (χ0n) is 11.1. The number of aromatic nitrogens is 1. The molecule has 0 N–H and O–H groups in total. The lowest BCUT2D eigenvalue weighted by Gasteiger charge is -2.16. The van der Waals surface area contributed by atoms with E-state index in [-0.39, 0.29) is 17.3 Å². The van der Waals surface area contributed by atoms with Crippen LogP contribution in [0, 0.1) is 11.3 Å². The van der Waals surface area contributed by atoms with Crippen molar-refractivity contribution in [3.05, 3.63) is 29.1 Å². The van der Waals surface area contributed by atoms with Crippen molar-refractivity contribution in [2.24, 2.45) is 0 Å². The van der Waals surface area contributed by atoms with Gasteiger partial charge < -0.3 is 4.74 Å². The number of hydrogen-bond donors (Lipinski definition) is 0. The Bertz CT molecular complexity index is 463. The van der Waals surface area contributed by atoms with Gasteiger partial charge in [-0.2, -0.15) is 5.26 Å². The predicted octanol–water partition coefficient (Wildman–Crippen LogP) is 3.03. The lowest BCUT2D eigenvalue weighted by Crippen LogP contribution is -2.12. The number of nitrogens with zero attached hydrogens (tertiary/aromatic N) is 2. The summed E-state index contributed by atoms with van der Waals surface area (Å²) in [5, 5.41) is 8.84. The molecule has 0 aliphatic rings. The zero-order valence-corrected chi connectivity index (χ0v) is 11.1. The van der Waals surface area contributed by atoms with Crippen molar-refractivity contribution in [1.29, 1.82) is 5.26 Å². The monoisotopic (exact) mass is 246 g/mol. The van der Waals surface area contributed by atoms with Crippen LogP contribution in [0.5, 0.6) is 0 Å². The number of rotatable bonds is 5. The number of nitriles is 1. The van der Waals surface area contributed by atoms with Gasteiger partial charge in [0.15, 0.2) is 5.69 Å². The number of esters is 1. The van der Waals surface area contributed by atoms with Crippen LogP contribution in [0.25, 0.3) is 0 Å². The van der Waals surface area contributed by atoms with Crippen molar-refractivity contribution >= 4 is 5.97 Å². The average molecular weight is 246 g/mol. The Morgan fingerprint density at radius 1 is 1.50 bits per heavy atom. The topological polar surface area (TPSA) is 63.0 Å². The molecule has 1 heterocycles. The summed E-state index contributed by atoms with van der Waals surface area (Å²) < 4.78 is 4.74. The minimum atomic E-state index is -0.475. The van der Waals surface area contributed by atoms with E-state index < -0.39 is 5.97 Å². The molecule has 1 aromatic heterocycles. The van der Waals surface area contributed by atoms with E-state index in [0.717, 1.165) is 24.8 Å². The summed E-state index contributed by atoms with van der Waals surface area (Å²) in [5.41, 5.74) is 1.40. The van der Waals surface area contributed by atoms with E-state index in [2.05, 4.69) is 18.8 Å². The van der Waals surface area contributed by atoms with Gasteiger partial charge in [0.2, 0.25) is 0 Å². The highest BCUT2D eigenvalue weighted by Crippen LogP contribution is 2.27. The van der Waals surface area contributed by atoms with Crippen molar-refractivity contribution in [3.63, 3.8) is 0 Å². The first-order valence-corrected chi connectivity index (χ1v) is 6.17. The van der Waals surface area contributed by atoms with Crippen molar-refractivity contribution in [3.8, 4) is 6.07 Å². The molecule has 0 radical (unpaired) electrons. The molecule has 18 heavy (non-hydrogen) atoms. The SMILES string of the molecule is CCCC(CC)c1ccc(C#N)nc1C(=O)OC. The molecular formula is C14H18N2O2. The van der Waals surface area contributed by atoms with Crippen LogP contribution in [-0.2, 0) is 4.74 Å². The maximum atomic E-state index is 11.7. The molecule has 1 rings (SSSR count). The van der Waals surface area contributed by atoms with Crippen LogP contribution < -0.4 is 0 Å². The van der Waals surface area contributed by atoms with Crippen LogP contribution in [0.15, 0.2) is 12.1 Å². The molecule has 0 aliphatic heterocycles. The molecule has 1 aromatic rings. The molecule has 0 aromatic carbocycles. The molecular weight excluding hydrogens is 228 g/mol. The third-order valence-corrected chi connectivity index (χ3v) is 2.99. The van der Waals surface area contributed by atoms with Gasteiger partial charge in [0, 0.05) is 0 Å². The van der Waals surface area contributed by atoms with Gasteiger partial charge in [0.25, 0.3) is 0 Å². The molecule has 0 aliphatic carbocycles. The average Bonchev–Trinajstić information content (AvgIpc) is 2.43. The normalized spacial score (nSPS) is 11.7. The van der Waals surface area contributed by atoms with Crippen LogP contribution in [0.3, 0.4) is 0 Å². The maximum Gasteiger partial charge on any atom is 0.356 e. The summed E-state index contributed by atoms with van der Waals surface area (Å²) in [6.07, 6.45) is 2.97. The largest absolute Gasteiger partial charge is 0.464 e. The summed E-state index contributed by atoms with van der Waals surface area (Å²) >= 11 is 0. The van der Waals surface area contributed by atoms with Gasteiger partial charge in [-0.1, -0.05) is 26.3 Å². The predicted molar refractivity (Wildman–Crippen MR) is 68.2 cm³/mol. The fourth-order valence-electron chi connectivity index (χ4n) is 2.05. The molecule has 4 nitrogen and oxygen atoms in total. The molecule has 0 bridgehead atoms. The summed E-state index contributed by atoms with van der Waals surface area (Å²) in [7, 11) is 1.33. The maximum absolute atomic E-state index is 11.7. The minimum Gasteiger partial charge on any atom is -0.464 e. The lowest BCUT2D eigenvalue weighted by atomic mass is 9.90. The van der Waals surface area contributed by atoms with E-state index in [1.165, 1.54) is 7.11 Å². The van der Waals surface area contributed by atoms with Crippen LogP contribution in [-0.4, -0.2) is 18.1 Å². The van der Waals surface area contributed by atoms with Crippen LogP contribution in [0.4, 0.5) is 0 Å². The molecule has 1 unspecified atom stereocenters. The fourth-order valence-corrected chi connectivity index (χ4v) is 2.05. The number of hydrogen-bond acceptors (Lipinski definition) is 4. The molecule has 0 spiro atoms. The first-order chi connectivity index (χ1) is 8.67. The molecule has 0 fully saturated rings. The first-order valence-electron chi connectivity index (χ1n) is 6.17. The number of pyridine rings is 1. The highest BCUT2D eigenvalue weighted by Gasteiger charge is 2.20. The molecule has 0 amide bonds. The van der Waals surface area contributed by atoms with Gasteiger partial charge in [-0.15, -0.1) is 0 Å². The summed E-state index contributed by atoms with van der Waals surface area (Å²) in [5.74, 6) is -0.194. The number of carbonyl (C=O) groups excluding carboxylic acids is 1. The van der Waals surface area contributed by atoms with Gasteiger partial charge in [-0.25, -0.2) is 9.78 Å². The van der Waals surface area contributed by atoms with Gasteiger partial charge >= 0.3 is 5.97 Å². The molecule has 96 valence electrons.